The lowest BCUT2D eigenvalue weighted by Crippen LogP contribution is -2.29. The molecule has 2 heterocycles. The van der Waals surface area contributed by atoms with Crippen LogP contribution in [-0.4, -0.2) is 11.7 Å². The van der Waals surface area contributed by atoms with Crippen LogP contribution in [0.5, 0.6) is 5.75 Å². The molecule has 0 aromatic heterocycles. The number of hydrogen-bond donors (Lipinski definition) is 2. The molecular weight excluding hydrogens is 250 g/mol. The van der Waals surface area contributed by atoms with Gasteiger partial charge in [-0.3, -0.25) is 0 Å². The summed E-state index contributed by atoms with van der Waals surface area (Å²) in [7, 11) is 0. The maximum absolute atomic E-state index is 10.1. The molecule has 2 aromatic rings. The highest BCUT2D eigenvalue weighted by Gasteiger charge is 2.42. The predicted molar refractivity (Wildman–Crippen MR) is 77.7 cm³/mol. The highest BCUT2D eigenvalue weighted by atomic mass is 16.5. The maximum Gasteiger partial charge on any atom is 0.139 e. The van der Waals surface area contributed by atoms with Crippen LogP contribution in [0.4, 0.5) is 5.69 Å². The molecule has 102 valence electrons. The molecule has 3 heteroatoms. The van der Waals surface area contributed by atoms with Crippen molar-refractivity contribution in [1.29, 1.82) is 0 Å². The number of phenols is 1. The van der Waals surface area contributed by atoms with Gasteiger partial charge in [0.25, 0.3) is 0 Å². The molecule has 2 aliphatic heterocycles. The van der Waals surface area contributed by atoms with Crippen LogP contribution in [0.1, 0.15) is 29.7 Å². The zero-order chi connectivity index (χ0) is 13.5. The number of benzene rings is 2. The van der Waals surface area contributed by atoms with Crippen LogP contribution in [0.3, 0.4) is 0 Å². The second-order valence-corrected chi connectivity index (χ2v) is 5.52. The van der Waals surface area contributed by atoms with Crippen molar-refractivity contribution in [2.24, 2.45) is 5.92 Å². The summed E-state index contributed by atoms with van der Waals surface area (Å²) >= 11 is 0. The number of ether oxygens (including phenoxy) is 1. The van der Waals surface area contributed by atoms with Crippen molar-refractivity contribution in [3.8, 4) is 5.75 Å². The van der Waals surface area contributed by atoms with E-state index < -0.39 is 0 Å². The molecule has 0 unspecified atom stereocenters. The Hall–Kier alpha value is -2.00. The summed E-state index contributed by atoms with van der Waals surface area (Å²) in [6.45, 7) is 0.787. The van der Waals surface area contributed by atoms with E-state index in [0.29, 0.717) is 11.7 Å². The molecule has 2 aliphatic rings. The van der Waals surface area contributed by atoms with Gasteiger partial charge in [-0.25, -0.2) is 0 Å². The minimum Gasteiger partial charge on any atom is -0.506 e. The molecule has 0 radical (unpaired) electrons. The molecule has 2 N–H and O–H groups in total. The highest BCUT2D eigenvalue weighted by molar-refractivity contribution is 5.65. The Labute approximate surface area is 118 Å². The van der Waals surface area contributed by atoms with E-state index in [1.54, 1.807) is 6.07 Å². The van der Waals surface area contributed by atoms with Crippen molar-refractivity contribution in [2.75, 3.05) is 11.9 Å². The van der Waals surface area contributed by atoms with Gasteiger partial charge in [0.15, 0.2) is 0 Å². The second-order valence-electron chi connectivity index (χ2n) is 5.52. The summed E-state index contributed by atoms with van der Waals surface area (Å²) in [6, 6.07) is 16.3. The molecular formula is C17H17NO2. The van der Waals surface area contributed by atoms with E-state index in [9.17, 15) is 5.11 Å². The quantitative estimate of drug-likeness (QED) is 0.775. The molecule has 1 fully saturated rings. The second kappa shape index (κ2) is 4.53. The van der Waals surface area contributed by atoms with Crippen molar-refractivity contribution in [3.63, 3.8) is 0 Å². The van der Waals surface area contributed by atoms with Crippen LogP contribution in [-0.2, 0) is 4.74 Å². The van der Waals surface area contributed by atoms with E-state index in [0.717, 1.165) is 24.3 Å². The highest BCUT2D eigenvalue weighted by Crippen LogP contribution is 2.51. The topological polar surface area (TPSA) is 41.5 Å². The fourth-order valence-corrected chi connectivity index (χ4v) is 3.47. The molecule has 0 bridgehead atoms. The van der Waals surface area contributed by atoms with Crippen molar-refractivity contribution in [3.05, 3.63) is 59.7 Å². The summed E-state index contributed by atoms with van der Waals surface area (Å²) in [6.07, 6.45) is 1.13. The summed E-state index contributed by atoms with van der Waals surface area (Å²) in [5.41, 5.74) is 3.16. The van der Waals surface area contributed by atoms with Gasteiger partial charge in [-0.05, 0) is 18.1 Å². The normalized spacial score (nSPS) is 27.5. The van der Waals surface area contributed by atoms with Crippen LogP contribution in [0.25, 0.3) is 0 Å². The van der Waals surface area contributed by atoms with Gasteiger partial charge in [0, 0.05) is 18.1 Å². The first-order valence-corrected chi connectivity index (χ1v) is 7.09. The molecule has 3 nitrogen and oxygen atoms in total. The van der Waals surface area contributed by atoms with E-state index in [-0.39, 0.29) is 12.1 Å². The summed E-state index contributed by atoms with van der Waals surface area (Å²) in [5, 5.41) is 13.6. The Morgan fingerprint density at radius 2 is 1.90 bits per heavy atom. The average molecular weight is 267 g/mol. The molecule has 0 saturated carbocycles. The number of phenolic OH excluding ortho intramolecular Hbond substituents is 1. The monoisotopic (exact) mass is 267 g/mol. The SMILES string of the molecule is Oc1cccc2c1N[C@H](c1ccccc1)[C@H]1CCO[C@@H]21. The van der Waals surface area contributed by atoms with E-state index in [1.165, 1.54) is 5.56 Å². The standard InChI is InChI=1S/C17H17NO2/c19-14-8-4-7-12-16(14)18-15(11-5-2-1-3-6-11)13-9-10-20-17(12)13/h1-8,13,15,17-19H,9-10H2/t13-,15-,17+/m1/s1. The lowest BCUT2D eigenvalue weighted by Gasteiger charge is -2.36. The summed E-state index contributed by atoms with van der Waals surface area (Å²) < 4.78 is 5.94. The van der Waals surface area contributed by atoms with E-state index in [2.05, 4.69) is 29.6 Å². The maximum atomic E-state index is 10.1. The van der Waals surface area contributed by atoms with Gasteiger partial charge in [0.05, 0.1) is 17.8 Å². The average Bonchev–Trinajstić information content (AvgIpc) is 2.97. The molecule has 0 amide bonds. The molecule has 2 aromatic carbocycles. The molecule has 4 rings (SSSR count). The van der Waals surface area contributed by atoms with Crippen molar-refractivity contribution in [2.45, 2.75) is 18.6 Å². The number of hydrogen-bond acceptors (Lipinski definition) is 3. The third-order valence-corrected chi connectivity index (χ3v) is 4.41. The van der Waals surface area contributed by atoms with E-state index in [4.69, 9.17) is 4.74 Å². The Balaban J connectivity index is 1.82. The first-order chi connectivity index (χ1) is 9.84. The van der Waals surface area contributed by atoms with Gasteiger partial charge < -0.3 is 15.2 Å². The van der Waals surface area contributed by atoms with Gasteiger partial charge in [-0.2, -0.15) is 0 Å². The summed E-state index contributed by atoms with van der Waals surface area (Å²) in [4.78, 5) is 0. The number of para-hydroxylation sites is 1. The molecule has 20 heavy (non-hydrogen) atoms. The molecule has 1 saturated heterocycles. The largest absolute Gasteiger partial charge is 0.506 e. The Kier molecular flexibility index (Phi) is 2.67. The van der Waals surface area contributed by atoms with Crippen molar-refractivity contribution >= 4 is 5.69 Å². The minimum atomic E-state index is 0.0866. The van der Waals surface area contributed by atoms with Crippen LogP contribution in [0.2, 0.25) is 0 Å². The first-order valence-electron chi connectivity index (χ1n) is 7.09. The first kappa shape index (κ1) is 11.8. The molecule has 0 spiro atoms. The van der Waals surface area contributed by atoms with E-state index in [1.807, 2.05) is 18.2 Å². The van der Waals surface area contributed by atoms with Crippen LogP contribution in [0.15, 0.2) is 48.5 Å². The lowest BCUT2D eigenvalue weighted by atomic mass is 9.81. The van der Waals surface area contributed by atoms with E-state index >= 15 is 0 Å². The Bertz CT molecular complexity index is 626. The van der Waals surface area contributed by atoms with Crippen LogP contribution < -0.4 is 5.32 Å². The van der Waals surface area contributed by atoms with Gasteiger partial charge in [0.1, 0.15) is 5.75 Å². The van der Waals surface area contributed by atoms with Crippen LogP contribution in [0, 0.1) is 5.92 Å². The number of aromatic hydroxyl groups is 1. The number of nitrogens with one attached hydrogen (secondary N) is 1. The number of rotatable bonds is 1. The third-order valence-electron chi connectivity index (χ3n) is 4.41. The number of anilines is 1. The predicted octanol–water partition coefficient (Wildman–Crippen LogP) is 3.64. The van der Waals surface area contributed by atoms with Crippen molar-refractivity contribution in [1.82, 2.24) is 0 Å². The summed E-state index contributed by atoms with van der Waals surface area (Å²) in [5.74, 6) is 0.726. The van der Waals surface area contributed by atoms with Gasteiger partial charge in [-0.15, -0.1) is 0 Å². The smallest absolute Gasteiger partial charge is 0.139 e. The fraction of sp³-hybridized carbons (Fsp3) is 0.294. The number of fused-ring (bicyclic) bond motifs is 3. The zero-order valence-corrected chi connectivity index (χ0v) is 11.1. The Morgan fingerprint density at radius 3 is 2.75 bits per heavy atom. The fourth-order valence-electron chi connectivity index (χ4n) is 3.47. The van der Waals surface area contributed by atoms with Gasteiger partial charge in [-0.1, -0.05) is 42.5 Å². The van der Waals surface area contributed by atoms with Gasteiger partial charge in [0.2, 0.25) is 0 Å². The molecule has 3 atom stereocenters. The lowest BCUT2D eigenvalue weighted by molar-refractivity contribution is 0.0826. The Morgan fingerprint density at radius 1 is 1.05 bits per heavy atom. The van der Waals surface area contributed by atoms with Crippen LogP contribution >= 0.6 is 0 Å². The van der Waals surface area contributed by atoms with Gasteiger partial charge >= 0.3 is 0 Å². The van der Waals surface area contributed by atoms with Crippen molar-refractivity contribution < 1.29 is 9.84 Å². The molecule has 0 aliphatic carbocycles. The minimum absolute atomic E-state index is 0.0866. The third kappa shape index (κ3) is 1.70. The zero-order valence-electron chi connectivity index (χ0n) is 11.1.